The minimum Gasteiger partial charge on any atom is -0.313 e. The molecular formula is C14H24F3N3. The second-order valence-corrected chi connectivity index (χ2v) is 6.17. The Balaban J connectivity index is 2.58. The van der Waals surface area contributed by atoms with Gasteiger partial charge in [-0.3, -0.25) is 0 Å². The molecule has 0 spiro atoms. The quantitative estimate of drug-likeness (QED) is 0.846. The summed E-state index contributed by atoms with van der Waals surface area (Å²) in [5, 5.41) is 11.5. The van der Waals surface area contributed by atoms with Crippen LogP contribution >= 0.6 is 0 Å². The van der Waals surface area contributed by atoms with Gasteiger partial charge in [-0.2, -0.15) is 18.4 Å². The number of hydrogen-bond donors (Lipinski definition) is 1. The minimum absolute atomic E-state index is 0.0940. The van der Waals surface area contributed by atoms with Gasteiger partial charge in [0.2, 0.25) is 0 Å². The van der Waals surface area contributed by atoms with Gasteiger partial charge in [-0.05, 0) is 32.9 Å². The van der Waals surface area contributed by atoms with Gasteiger partial charge in [-0.1, -0.05) is 19.8 Å². The lowest BCUT2D eigenvalue weighted by molar-refractivity contribution is -0.158. The third-order valence-corrected chi connectivity index (χ3v) is 4.37. The molecular weight excluding hydrogens is 267 g/mol. The van der Waals surface area contributed by atoms with Crippen LogP contribution in [0.5, 0.6) is 0 Å². The first-order chi connectivity index (χ1) is 9.21. The van der Waals surface area contributed by atoms with Crippen LogP contribution in [0.25, 0.3) is 0 Å². The number of nitrogens with zero attached hydrogens (tertiary/aromatic N) is 2. The highest BCUT2D eigenvalue weighted by Crippen LogP contribution is 2.35. The molecule has 0 aliphatic heterocycles. The van der Waals surface area contributed by atoms with Crippen molar-refractivity contribution in [3.8, 4) is 6.07 Å². The lowest BCUT2D eigenvalue weighted by atomic mass is 9.75. The summed E-state index contributed by atoms with van der Waals surface area (Å²) in [7, 11) is 3.95. The Bertz CT molecular complexity index is 349. The van der Waals surface area contributed by atoms with E-state index in [9.17, 15) is 13.2 Å². The largest absolute Gasteiger partial charge is 0.405 e. The molecule has 0 aromatic rings. The number of likely N-dealkylation sites (N-methyl/N-ethyl adjacent to an activating group) is 1. The standard InChI is InChI=1S/C14H24F3N3/c1-11-5-4-6-13(7-11,20(2)3)10-19-9-12(8-18)14(15,16)17/h11-12,19H,4-7,9-10H2,1-3H3. The normalized spacial score (nSPS) is 29.2. The van der Waals surface area contributed by atoms with E-state index in [2.05, 4.69) is 17.1 Å². The first-order valence-electron chi connectivity index (χ1n) is 7.06. The number of halogens is 3. The van der Waals surface area contributed by atoms with Gasteiger partial charge in [0.1, 0.15) is 0 Å². The predicted octanol–water partition coefficient (Wildman–Crippen LogP) is 2.79. The molecule has 0 aromatic carbocycles. The number of nitriles is 1. The fraction of sp³-hybridized carbons (Fsp3) is 0.929. The van der Waals surface area contributed by atoms with Crippen LogP contribution in [0, 0.1) is 23.2 Å². The van der Waals surface area contributed by atoms with E-state index in [4.69, 9.17) is 5.26 Å². The van der Waals surface area contributed by atoms with Gasteiger partial charge in [0.15, 0.2) is 5.92 Å². The molecule has 0 aromatic heterocycles. The molecule has 0 saturated heterocycles. The number of alkyl halides is 3. The maximum atomic E-state index is 12.5. The highest BCUT2D eigenvalue weighted by atomic mass is 19.4. The fourth-order valence-corrected chi connectivity index (χ4v) is 3.04. The zero-order valence-corrected chi connectivity index (χ0v) is 12.4. The molecule has 3 nitrogen and oxygen atoms in total. The summed E-state index contributed by atoms with van der Waals surface area (Å²) in [6.07, 6.45) is -0.204. The van der Waals surface area contributed by atoms with Gasteiger partial charge in [0.05, 0.1) is 6.07 Å². The van der Waals surface area contributed by atoms with Crippen LogP contribution in [-0.2, 0) is 0 Å². The Morgan fingerprint density at radius 1 is 1.45 bits per heavy atom. The second kappa shape index (κ2) is 6.77. The van der Waals surface area contributed by atoms with E-state index in [0.29, 0.717) is 12.5 Å². The van der Waals surface area contributed by atoms with Crippen molar-refractivity contribution in [1.82, 2.24) is 10.2 Å². The Morgan fingerprint density at radius 3 is 2.55 bits per heavy atom. The molecule has 0 amide bonds. The maximum Gasteiger partial charge on any atom is 0.405 e. The summed E-state index contributed by atoms with van der Waals surface area (Å²) in [6.45, 7) is 2.35. The van der Waals surface area contributed by atoms with Crippen molar-refractivity contribution in [2.45, 2.75) is 44.3 Å². The van der Waals surface area contributed by atoms with Crippen molar-refractivity contribution in [1.29, 1.82) is 5.26 Å². The smallest absolute Gasteiger partial charge is 0.313 e. The molecule has 1 N–H and O–H groups in total. The Hall–Kier alpha value is -0.800. The van der Waals surface area contributed by atoms with Gasteiger partial charge < -0.3 is 10.2 Å². The van der Waals surface area contributed by atoms with E-state index in [0.717, 1.165) is 19.3 Å². The van der Waals surface area contributed by atoms with Gasteiger partial charge in [-0.25, -0.2) is 0 Å². The van der Waals surface area contributed by atoms with Crippen LogP contribution < -0.4 is 5.32 Å². The van der Waals surface area contributed by atoms with Crippen LogP contribution in [0.4, 0.5) is 13.2 Å². The molecule has 0 heterocycles. The summed E-state index contributed by atoms with van der Waals surface area (Å²) in [6, 6.07) is 1.33. The summed E-state index contributed by atoms with van der Waals surface area (Å²) >= 11 is 0. The van der Waals surface area contributed by atoms with Crippen molar-refractivity contribution in [2.75, 3.05) is 27.2 Å². The molecule has 1 aliphatic rings. The van der Waals surface area contributed by atoms with E-state index in [-0.39, 0.29) is 12.1 Å². The lowest BCUT2D eigenvalue weighted by Gasteiger charge is -2.45. The first kappa shape index (κ1) is 17.3. The predicted molar refractivity (Wildman–Crippen MR) is 72.1 cm³/mol. The SMILES string of the molecule is CC1CCCC(CNCC(C#N)C(F)(F)F)(N(C)C)C1. The van der Waals surface area contributed by atoms with E-state index in [1.807, 2.05) is 14.1 Å². The van der Waals surface area contributed by atoms with Crippen LogP contribution in [0.2, 0.25) is 0 Å². The van der Waals surface area contributed by atoms with Gasteiger partial charge in [-0.15, -0.1) is 0 Å². The van der Waals surface area contributed by atoms with Crippen LogP contribution in [0.1, 0.15) is 32.6 Å². The summed E-state index contributed by atoms with van der Waals surface area (Å²) in [5.41, 5.74) is -0.0940. The molecule has 116 valence electrons. The van der Waals surface area contributed by atoms with Crippen molar-refractivity contribution >= 4 is 0 Å². The summed E-state index contributed by atoms with van der Waals surface area (Å²) in [5.74, 6) is -1.34. The first-order valence-corrected chi connectivity index (χ1v) is 7.06. The zero-order valence-electron chi connectivity index (χ0n) is 12.4. The lowest BCUT2D eigenvalue weighted by Crippen LogP contribution is -2.55. The summed E-state index contributed by atoms with van der Waals surface area (Å²) < 4.78 is 37.6. The molecule has 3 atom stereocenters. The highest BCUT2D eigenvalue weighted by molar-refractivity contribution is 4.96. The average Bonchev–Trinajstić information content (AvgIpc) is 2.33. The number of nitrogens with one attached hydrogen (secondary N) is 1. The van der Waals surface area contributed by atoms with E-state index in [1.54, 1.807) is 0 Å². The van der Waals surface area contributed by atoms with Crippen molar-refractivity contribution < 1.29 is 13.2 Å². The van der Waals surface area contributed by atoms with Crippen LogP contribution in [-0.4, -0.2) is 43.8 Å². The Kier molecular flexibility index (Phi) is 5.84. The molecule has 3 unspecified atom stereocenters. The van der Waals surface area contributed by atoms with Crippen LogP contribution in [0.3, 0.4) is 0 Å². The molecule has 1 rings (SSSR count). The molecule has 1 saturated carbocycles. The monoisotopic (exact) mass is 291 g/mol. The average molecular weight is 291 g/mol. The van der Waals surface area contributed by atoms with E-state index in [1.165, 1.54) is 12.5 Å². The molecule has 6 heteroatoms. The van der Waals surface area contributed by atoms with Gasteiger partial charge in [0, 0.05) is 18.6 Å². The molecule has 0 radical (unpaired) electrons. The van der Waals surface area contributed by atoms with E-state index >= 15 is 0 Å². The maximum absolute atomic E-state index is 12.5. The topological polar surface area (TPSA) is 39.1 Å². The molecule has 1 fully saturated rings. The Morgan fingerprint density at radius 2 is 2.10 bits per heavy atom. The third kappa shape index (κ3) is 4.35. The molecule has 1 aliphatic carbocycles. The van der Waals surface area contributed by atoms with Crippen molar-refractivity contribution in [3.63, 3.8) is 0 Å². The van der Waals surface area contributed by atoms with E-state index < -0.39 is 12.1 Å². The van der Waals surface area contributed by atoms with Crippen molar-refractivity contribution in [2.24, 2.45) is 11.8 Å². The third-order valence-electron chi connectivity index (χ3n) is 4.37. The summed E-state index contributed by atoms with van der Waals surface area (Å²) in [4.78, 5) is 2.12. The highest BCUT2D eigenvalue weighted by Gasteiger charge is 2.41. The Labute approximate surface area is 119 Å². The fourth-order valence-electron chi connectivity index (χ4n) is 3.04. The minimum atomic E-state index is -4.45. The second-order valence-electron chi connectivity index (χ2n) is 6.17. The van der Waals surface area contributed by atoms with Crippen molar-refractivity contribution in [3.05, 3.63) is 0 Å². The van der Waals surface area contributed by atoms with Gasteiger partial charge >= 0.3 is 6.18 Å². The number of hydrogen-bond acceptors (Lipinski definition) is 3. The molecule has 0 bridgehead atoms. The van der Waals surface area contributed by atoms with Crippen LogP contribution in [0.15, 0.2) is 0 Å². The zero-order chi connectivity index (χ0) is 15.4. The number of rotatable bonds is 5. The molecule has 20 heavy (non-hydrogen) atoms. The van der Waals surface area contributed by atoms with Gasteiger partial charge in [0.25, 0.3) is 0 Å².